The van der Waals surface area contributed by atoms with E-state index >= 15 is 0 Å². The fraction of sp³-hybridized carbons (Fsp3) is 0.0625. The summed E-state index contributed by atoms with van der Waals surface area (Å²) in [5.74, 6) is 0.827. The molecule has 2 N–H and O–H groups in total. The Balaban J connectivity index is 2.25. The van der Waals surface area contributed by atoms with Crippen LogP contribution in [0.2, 0.25) is 10.0 Å². The summed E-state index contributed by atoms with van der Waals surface area (Å²) in [7, 11) is 0. The number of hydrogen-bond acceptors (Lipinski definition) is 3. The van der Waals surface area contributed by atoms with Crippen LogP contribution < -0.4 is 5.73 Å². The van der Waals surface area contributed by atoms with Gasteiger partial charge in [-0.2, -0.15) is 0 Å². The molecule has 0 spiro atoms. The van der Waals surface area contributed by atoms with E-state index in [9.17, 15) is 0 Å². The van der Waals surface area contributed by atoms with Crippen molar-refractivity contribution in [2.75, 3.05) is 5.73 Å². The number of imidazole rings is 1. The number of nitrogen functional groups attached to an aromatic ring is 1. The number of aromatic nitrogens is 2. The molecule has 0 aliphatic carbocycles. The molecule has 7 heteroatoms. The summed E-state index contributed by atoms with van der Waals surface area (Å²) in [5, 5.41) is 1.14. The normalized spacial score (nSPS) is 10.9. The molecule has 3 nitrogen and oxygen atoms in total. The van der Waals surface area contributed by atoms with Crippen molar-refractivity contribution in [1.82, 2.24) is 9.55 Å². The molecule has 1 aromatic carbocycles. The Bertz CT molecular complexity index is 886. The first-order chi connectivity index (χ1) is 11.0. The van der Waals surface area contributed by atoms with E-state index in [0.29, 0.717) is 22.3 Å². The second-order valence-corrected chi connectivity index (χ2v) is 7.99. The molecule has 2 aromatic heterocycles. The van der Waals surface area contributed by atoms with Gasteiger partial charge in [0.15, 0.2) is 5.82 Å². The van der Waals surface area contributed by atoms with Crippen LogP contribution >= 0.6 is 50.5 Å². The van der Waals surface area contributed by atoms with Crippen LogP contribution in [0.4, 0.5) is 5.69 Å². The first kappa shape index (κ1) is 16.6. The molecule has 0 bridgehead atoms. The van der Waals surface area contributed by atoms with E-state index in [2.05, 4.69) is 27.5 Å². The summed E-state index contributed by atoms with van der Waals surface area (Å²) < 4.78 is 2.86. The maximum Gasteiger partial charge on any atom is 0.151 e. The Morgan fingerprint density at radius 3 is 2.87 bits per heavy atom. The van der Waals surface area contributed by atoms with Crippen LogP contribution in [0.3, 0.4) is 0 Å². The highest BCUT2D eigenvalue weighted by atomic mass is 79.9. The lowest BCUT2D eigenvalue weighted by atomic mass is 10.0. The van der Waals surface area contributed by atoms with Gasteiger partial charge < -0.3 is 10.3 Å². The number of nitrogens with zero attached hydrogens (tertiary/aromatic N) is 2. The Hall–Kier alpha value is -1.27. The molecule has 0 aliphatic heterocycles. The largest absolute Gasteiger partial charge is 0.397 e. The average Bonchev–Trinajstić information content (AvgIpc) is 3.06. The second-order valence-electron chi connectivity index (χ2n) is 4.81. The molecule has 0 radical (unpaired) electrons. The topological polar surface area (TPSA) is 43.8 Å². The summed E-state index contributed by atoms with van der Waals surface area (Å²) in [4.78, 5) is 5.42. The predicted octanol–water partition coefficient (Wildman–Crippen LogP) is 6.12. The minimum Gasteiger partial charge on any atom is -0.397 e. The van der Waals surface area contributed by atoms with Crippen LogP contribution in [-0.4, -0.2) is 9.55 Å². The fourth-order valence-electron chi connectivity index (χ4n) is 2.34. The van der Waals surface area contributed by atoms with Crippen molar-refractivity contribution in [1.29, 1.82) is 0 Å². The quantitative estimate of drug-likeness (QED) is 0.509. The van der Waals surface area contributed by atoms with E-state index in [0.717, 1.165) is 25.6 Å². The van der Waals surface area contributed by atoms with Gasteiger partial charge in [-0.15, -0.1) is 17.9 Å². The Labute approximate surface area is 156 Å². The molecule has 0 unspecified atom stereocenters. The third-order valence-electron chi connectivity index (χ3n) is 3.34. The third-order valence-corrected chi connectivity index (χ3v) is 5.80. The average molecular weight is 429 g/mol. The monoisotopic (exact) mass is 427 g/mol. The molecule has 0 saturated carbocycles. The van der Waals surface area contributed by atoms with Crippen LogP contribution in [-0.2, 0) is 6.54 Å². The van der Waals surface area contributed by atoms with Gasteiger partial charge in [-0.1, -0.05) is 35.3 Å². The Kier molecular flexibility index (Phi) is 4.82. The molecular formula is C16H12BrCl2N3S. The van der Waals surface area contributed by atoms with Gasteiger partial charge in [0.25, 0.3) is 0 Å². The maximum atomic E-state index is 6.39. The van der Waals surface area contributed by atoms with Gasteiger partial charge in [-0.25, -0.2) is 4.98 Å². The fourth-order valence-corrected chi connectivity index (χ4v) is 4.50. The zero-order chi connectivity index (χ0) is 16.6. The SMILES string of the molecule is C=CCn1ccnc1-c1sc(Br)c(N)c1-c1ccc(Cl)cc1Cl. The number of rotatable bonds is 4. The van der Waals surface area contributed by atoms with Gasteiger partial charge in [-0.05, 0) is 28.1 Å². The number of anilines is 1. The zero-order valence-electron chi connectivity index (χ0n) is 11.9. The molecule has 3 rings (SSSR count). The summed E-state index contributed by atoms with van der Waals surface area (Å²) >= 11 is 17.4. The van der Waals surface area contributed by atoms with Gasteiger partial charge in [0.2, 0.25) is 0 Å². The summed E-state index contributed by atoms with van der Waals surface area (Å²) in [6, 6.07) is 5.39. The molecule has 0 fully saturated rings. The van der Waals surface area contributed by atoms with E-state index < -0.39 is 0 Å². The van der Waals surface area contributed by atoms with Crippen molar-refractivity contribution in [3.05, 3.63) is 57.1 Å². The minimum absolute atomic E-state index is 0.553. The number of allylic oxidation sites excluding steroid dienone is 1. The van der Waals surface area contributed by atoms with Crippen LogP contribution in [0.15, 0.2) is 47.0 Å². The molecule has 23 heavy (non-hydrogen) atoms. The lowest BCUT2D eigenvalue weighted by Gasteiger charge is -2.09. The highest BCUT2D eigenvalue weighted by Crippen LogP contribution is 2.48. The van der Waals surface area contributed by atoms with Crippen LogP contribution in [0.1, 0.15) is 0 Å². The summed E-state index contributed by atoms with van der Waals surface area (Å²) in [6.07, 6.45) is 5.50. The maximum absolute atomic E-state index is 6.39. The highest BCUT2D eigenvalue weighted by Gasteiger charge is 2.22. The number of hydrogen-bond donors (Lipinski definition) is 1. The first-order valence-corrected chi connectivity index (χ1v) is 9.05. The molecular weight excluding hydrogens is 417 g/mol. The van der Waals surface area contributed by atoms with Crippen LogP contribution in [0.5, 0.6) is 0 Å². The standard InChI is InChI=1S/C16H12BrCl2N3S/c1-2-6-22-7-5-21-16(22)14-12(13(20)15(17)23-14)10-4-3-9(18)8-11(10)19/h2-5,7-8H,1,6,20H2. The lowest BCUT2D eigenvalue weighted by Crippen LogP contribution is -1.97. The predicted molar refractivity (Wildman–Crippen MR) is 103 cm³/mol. The molecule has 0 saturated heterocycles. The number of halogens is 3. The van der Waals surface area contributed by atoms with Gasteiger partial charge in [0.05, 0.1) is 19.4 Å². The molecule has 0 aliphatic rings. The third kappa shape index (κ3) is 3.06. The Morgan fingerprint density at radius 2 is 2.17 bits per heavy atom. The van der Waals surface area contributed by atoms with Crippen molar-refractivity contribution in [2.45, 2.75) is 6.54 Å². The second kappa shape index (κ2) is 6.69. The van der Waals surface area contributed by atoms with E-state index in [4.69, 9.17) is 28.9 Å². The molecule has 3 aromatic rings. The van der Waals surface area contributed by atoms with Gasteiger partial charge in [0, 0.05) is 35.1 Å². The number of benzene rings is 1. The van der Waals surface area contributed by atoms with Crippen LogP contribution in [0, 0.1) is 0 Å². The van der Waals surface area contributed by atoms with Gasteiger partial charge >= 0.3 is 0 Å². The summed E-state index contributed by atoms with van der Waals surface area (Å²) in [5.41, 5.74) is 8.62. The lowest BCUT2D eigenvalue weighted by molar-refractivity contribution is 0.834. The summed E-state index contributed by atoms with van der Waals surface area (Å²) in [6.45, 7) is 4.45. The smallest absolute Gasteiger partial charge is 0.151 e. The number of thiophene rings is 1. The van der Waals surface area contributed by atoms with E-state index in [1.54, 1.807) is 18.3 Å². The van der Waals surface area contributed by atoms with Crippen LogP contribution in [0.25, 0.3) is 21.8 Å². The van der Waals surface area contributed by atoms with E-state index in [-0.39, 0.29) is 0 Å². The molecule has 2 heterocycles. The molecule has 0 amide bonds. The first-order valence-electron chi connectivity index (χ1n) is 6.68. The zero-order valence-corrected chi connectivity index (χ0v) is 15.8. The van der Waals surface area contributed by atoms with Crippen molar-refractivity contribution in [2.24, 2.45) is 0 Å². The van der Waals surface area contributed by atoms with Crippen molar-refractivity contribution < 1.29 is 0 Å². The van der Waals surface area contributed by atoms with E-state index in [1.807, 2.05) is 22.9 Å². The van der Waals surface area contributed by atoms with Crippen molar-refractivity contribution >= 4 is 56.2 Å². The minimum atomic E-state index is 0.553. The Morgan fingerprint density at radius 1 is 1.39 bits per heavy atom. The number of nitrogens with two attached hydrogens (primary N) is 1. The van der Waals surface area contributed by atoms with Crippen molar-refractivity contribution in [3.63, 3.8) is 0 Å². The highest BCUT2D eigenvalue weighted by molar-refractivity contribution is 9.11. The van der Waals surface area contributed by atoms with Gasteiger partial charge in [-0.3, -0.25) is 0 Å². The molecule has 0 atom stereocenters. The van der Waals surface area contributed by atoms with Crippen molar-refractivity contribution in [3.8, 4) is 21.8 Å². The van der Waals surface area contributed by atoms with Gasteiger partial charge in [0.1, 0.15) is 0 Å². The molecule has 118 valence electrons. The van der Waals surface area contributed by atoms with E-state index in [1.165, 1.54) is 11.3 Å².